The molecule has 1 nitrogen and oxygen atoms in total. The van der Waals surface area contributed by atoms with Crippen molar-refractivity contribution in [2.24, 2.45) is 0 Å². The van der Waals surface area contributed by atoms with Gasteiger partial charge in [0.15, 0.2) is 0 Å². The molecule has 0 saturated carbocycles. The second-order valence-corrected chi connectivity index (χ2v) is 7.92. The molecular weight excluding hydrogens is 414 g/mol. The van der Waals surface area contributed by atoms with Crippen LogP contribution in [0.1, 0.15) is 6.85 Å². The molecule has 0 N–H and O–H groups in total. The van der Waals surface area contributed by atoms with Crippen LogP contribution in [0.5, 0.6) is 0 Å². The first-order valence-corrected chi connectivity index (χ1v) is 10.0. The summed E-state index contributed by atoms with van der Waals surface area (Å²) in [5.74, 6) is 0. The largest absolute Gasteiger partial charge is 0.310 e. The number of fused-ring (bicyclic) bond motifs is 3. The number of anilines is 3. The van der Waals surface area contributed by atoms with Gasteiger partial charge in [-0.05, 0) is 58.3 Å². The predicted molar refractivity (Wildman–Crippen MR) is 122 cm³/mol. The number of halogens is 1. The van der Waals surface area contributed by atoms with Crippen LogP contribution in [0.25, 0.3) is 20.2 Å². The Morgan fingerprint density at radius 3 is 2.37 bits per heavy atom. The summed E-state index contributed by atoms with van der Waals surface area (Å²) >= 11 is 5.30. The van der Waals surface area contributed by atoms with Crippen molar-refractivity contribution in [3.63, 3.8) is 0 Å². The van der Waals surface area contributed by atoms with Crippen molar-refractivity contribution in [2.45, 2.75) is 0 Å². The van der Waals surface area contributed by atoms with Gasteiger partial charge in [-0.2, -0.15) is 0 Å². The van der Waals surface area contributed by atoms with Crippen LogP contribution in [-0.2, 0) is 0 Å². The van der Waals surface area contributed by atoms with Gasteiger partial charge in [-0.3, -0.25) is 0 Å². The van der Waals surface area contributed by atoms with Crippen molar-refractivity contribution in [1.82, 2.24) is 0 Å². The Labute approximate surface area is 177 Å². The zero-order chi connectivity index (χ0) is 22.6. The van der Waals surface area contributed by atoms with Crippen LogP contribution in [0.3, 0.4) is 0 Å². The maximum atomic E-state index is 8.61. The van der Waals surface area contributed by atoms with Gasteiger partial charge >= 0.3 is 0 Å². The van der Waals surface area contributed by atoms with Gasteiger partial charge in [-0.25, -0.2) is 0 Å². The number of hydrogen-bond acceptors (Lipinski definition) is 2. The Balaban J connectivity index is 1.93. The molecule has 0 aliphatic rings. The summed E-state index contributed by atoms with van der Waals surface area (Å²) in [6.45, 7) is 0. The third kappa shape index (κ3) is 2.84. The zero-order valence-corrected chi connectivity index (χ0v) is 16.5. The Hall–Kier alpha value is -2.62. The van der Waals surface area contributed by atoms with E-state index in [0.29, 0.717) is 5.69 Å². The summed E-state index contributed by atoms with van der Waals surface area (Å²) < 4.78 is 44.8. The standard InChI is InChI=1S/C24H16BrNS/c25-20-14-7-13-19-23-21(15-8-16-22(23)27-24(19)20)26(17-9-3-1-4-10-17)18-11-5-2-6-12-18/h1-16H/i1D,3D,4D,9D,10D. The van der Waals surface area contributed by atoms with Crippen molar-refractivity contribution in [3.05, 3.63) is 101 Å². The molecule has 0 fully saturated rings. The van der Waals surface area contributed by atoms with Crippen LogP contribution in [-0.4, -0.2) is 0 Å². The van der Waals surface area contributed by atoms with Crippen molar-refractivity contribution >= 4 is 64.5 Å². The summed E-state index contributed by atoms with van der Waals surface area (Å²) in [6.07, 6.45) is 0. The smallest absolute Gasteiger partial charge is 0.0645 e. The van der Waals surface area contributed by atoms with E-state index in [1.165, 1.54) is 0 Å². The van der Waals surface area contributed by atoms with Crippen LogP contribution in [0.2, 0.25) is 0 Å². The number of thiophene rings is 1. The lowest BCUT2D eigenvalue weighted by Crippen LogP contribution is -2.09. The van der Waals surface area contributed by atoms with E-state index in [2.05, 4.69) is 15.9 Å². The van der Waals surface area contributed by atoms with Crippen LogP contribution in [0, 0.1) is 0 Å². The van der Waals surface area contributed by atoms with Gasteiger partial charge in [0.2, 0.25) is 0 Å². The van der Waals surface area contributed by atoms with Gasteiger partial charge in [0.1, 0.15) is 0 Å². The summed E-state index contributed by atoms with van der Waals surface area (Å²) in [6, 6.07) is 19.8. The lowest BCUT2D eigenvalue weighted by atomic mass is 10.1. The molecule has 1 heterocycles. The molecule has 0 aliphatic heterocycles. The molecule has 130 valence electrons. The van der Waals surface area contributed by atoms with Gasteiger partial charge in [0, 0.05) is 36.0 Å². The maximum absolute atomic E-state index is 8.61. The van der Waals surface area contributed by atoms with E-state index in [4.69, 9.17) is 6.85 Å². The number of para-hydroxylation sites is 2. The Kier molecular flexibility index (Phi) is 3.03. The summed E-state index contributed by atoms with van der Waals surface area (Å²) in [7, 11) is 0. The Bertz CT molecular complexity index is 1470. The molecule has 0 unspecified atom stereocenters. The number of hydrogen-bond donors (Lipinski definition) is 0. The molecule has 0 aliphatic carbocycles. The minimum absolute atomic E-state index is 0.129. The summed E-state index contributed by atoms with van der Waals surface area (Å²) in [5, 5.41) is 2.02. The van der Waals surface area contributed by atoms with E-state index in [1.54, 1.807) is 16.2 Å². The first kappa shape index (κ1) is 12.0. The molecule has 0 amide bonds. The quantitative estimate of drug-likeness (QED) is 0.276. The van der Waals surface area contributed by atoms with E-state index in [1.807, 2.05) is 66.7 Å². The predicted octanol–water partition coefficient (Wildman–Crippen LogP) is 8.29. The highest BCUT2D eigenvalue weighted by molar-refractivity contribution is 9.10. The highest BCUT2D eigenvalue weighted by Crippen LogP contribution is 2.45. The summed E-state index contributed by atoms with van der Waals surface area (Å²) in [4.78, 5) is 1.77. The average Bonchev–Trinajstić information content (AvgIpc) is 3.20. The fourth-order valence-electron chi connectivity index (χ4n) is 3.30. The third-order valence-electron chi connectivity index (χ3n) is 4.42. The number of nitrogens with zero attached hydrogens (tertiary/aromatic N) is 1. The molecule has 0 bridgehead atoms. The Morgan fingerprint density at radius 2 is 1.56 bits per heavy atom. The van der Waals surface area contributed by atoms with Gasteiger partial charge in [-0.1, -0.05) is 54.5 Å². The van der Waals surface area contributed by atoms with E-state index in [-0.39, 0.29) is 29.9 Å². The van der Waals surface area contributed by atoms with Gasteiger partial charge in [0.05, 0.1) is 12.5 Å². The topological polar surface area (TPSA) is 3.24 Å². The number of rotatable bonds is 3. The fourth-order valence-corrected chi connectivity index (χ4v) is 5.04. The van der Waals surface area contributed by atoms with Gasteiger partial charge in [-0.15, -0.1) is 11.3 Å². The van der Waals surface area contributed by atoms with E-state index < -0.39 is 6.04 Å². The second-order valence-electron chi connectivity index (χ2n) is 6.01. The molecule has 0 atom stereocenters. The molecule has 0 saturated heterocycles. The molecule has 4 aromatic carbocycles. The van der Waals surface area contributed by atoms with E-state index >= 15 is 0 Å². The lowest BCUT2D eigenvalue weighted by molar-refractivity contribution is 1.30. The highest BCUT2D eigenvalue weighted by Gasteiger charge is 2.18. The van der Waals surface area contributed by atoms with Crippen molar-refractivity contribution < 1.29 is 6.85 Å². The monoisotopic (exact) mass is 434 g/mol. The van der Waals surface area contributed by atoms with E-state index in [9.17, 15) is 0 Å². The van der Waals surface area contributed by atoms with Crippen molar-refractivity contribution in [2.75, 3.05) is 4.90 Å². The summed E-state index contributed by atoms with van der Waals surface area (Å²) in [5.41, 5.74) is 1.61. The zero-order valence-electron chi connectivity index (χ0n) is 19.1. The normalized spacial score (nSPS) is 13.7. The van der Waals surface area contributed by atoms with E-state index in [0.717, 1.165) is 30.3 Å². The minimum atomic E-state index is -0.403. The molecule has 5 rings (SSSR count). The SMILES string of the molecule is [2H]c1c([2H])c([2H])c(N(c2ccccc2)c2cccc3sc4c(Br)cccc4c23)c([2H])c1[2H]. The maximum Gasteiger partial charge on any atom is 0.0645 e. The van der Waals surface area contributed by atoms with Crippen LogP contribution in [0.4, 0.5) is 17.1 Å². The molecular formula is C24H16BrNS. The molecule has 0 spiro atoms. The first-order valence-electron chi connectivity index (χ1n) is 10.9. The van der Waals surface area contributed by atoms with Gasteiger partial charge in [0.25, 0.3) is 0 Å². The average molecular weight is 435 g/mol. The lowest BCUT2D eigenvalue weighted by Gasteiger charge is -2.26. The third-order valence-corrected chi connectivity index (χ3v) is 6.55. The van der Waals surface area contributed by atoms with Crippen LogP contribution < -0.4 is 4.90 Å². The molecule has 5 aromatic rings. The van der Waals surface area contributed by atoms with Crippen molar-refractivity contribution in [3.8, 4) is 0 Å². The first-order chi connectivity index (χ1) is 15.4. The fraction of sp³-hybridized carbons (Fsp3) is 0. The number of benzene rings is 4. The molecule has 27 heavy (non-hydrogen) atoms. The van der Waals surface area contributed by atoms with Crippen LogP contribution in [0.15, 0.2) is 101 Å². The van der Waals surface area contributed by atoms with Crippen molar-refractivity contribution in [1.29, 1.82) is 0 Å². The highest BCUT2D eigenvalue weighted by atomic mass is 79.9. The van der Waals surface area contributed by atoms with Crippen LogP contribution >= 0.6 is 27.3 Å². The molecule has 0 radical (unpaired) electrons. The molecule has 1 aromatic heterocycles. The van der Waals surface area contributed by atoms with Gasteiger partial charge < -0.3 is 4.90 Å². The second kappa shape index (κ2) is 6.84. The Morgan fingerprint density at radius 1 is 0.778 bits per heavy atom. The molecule has 3 heteroatoms. The minimum Gasteiger partial charge on any atom is -0.310 e.